The summed E-state index contributed by atoms with van der Waals surface area (Å²) >= 11 is 0. The van der Waals surface area contributed by atoms with E-state index in [4.69, 9.17) is 14.7 Å². The third-order valence-electron chi connectivity index (χ3n) is 5.99. The summed E-state index contributed by atoms with van der Waals surface area (Å²) < 4.78 is 5.11. The largest absolute Gasteiger partial charge is 0.464 e. The van der Waals surface area contributed by atoms with Crippen molar-refractivity contribution in [2.45, 2.75) is 71.0 Å². The van der Waals surface area contributed by atoms with Crippen LogP contribution in [0.5, 0.6) is 0 Å². The number of hydrogen-bond donors (Lipinski definition) is 3. The van der Waals surface area contributed by atoms with Gasteiger partial charge in [0.25, 0.3) is 0 Å². The molecule has 1 unspecified atom stereocenters. The van der Waals surface area contributed by atoms with E-state index in [2.05, 4.69) is 16.0 Å². The van der Waals surface area contributed by atoms with Crippen LogP contribution < -0.4 is 20.9 Å². The lowest BCUT2D eigenvalue weighted by atomic mass is 9.91. The van der Waals surface area contributed by atoms with Crippen molar-refractivity contribution in [1.82, 2.24) is 20.6 Å². The van der Waals surface area contributed by atoms with Crippen LogP contribution in [0.15, 0.2) is 24.3 Å². The third kappa shape index (κ3) is 6.95. The number of esters is 1. The fourth-order valence-corrected chi connectivity index (χ4v) is 4.34. The molecule has 186 valence electrons. The Kier molecular flexibility index (Phi) is 8.90. The number of hydrogen-bond acceptors (Lipinski definition) is 7. The van der Waals surface area contributed by atoms with Gasteiger partial charge in [0.2, 0.25) is 5.95 Å². The fraction of sp³-hybridized carbons (Fsp3) is 0.600. The predicted molar refractivity (Wildman–Crippen MR) is 135 cm³/mol. The molecule has 0 spiro atoms. The number of ether oxygens (including phenoxy) is 1. The Morgan fingerprint density at radius 3 is 2.41 bits per heavy atom. The Morgan fingerprint density at radius 2 is 1.76 bits per heavy atom. The standard InChI is InChI=1S/C25H38N6O3/c1-6-34-23(32)21(15-16(2)3)29-25(33)27-18-13-11-17(12-14-18)26-24-28-20-10-8-7-9-19(20)22(30-24)31(4)5/h7-10,16-18,21H,6,11-15H2,1-5H3,(H,26,28,30)(H2,27,29,33)/t17-,18+,21?. The van der Waals surface area contributed by atoms with Gasteiger partial charge in [-0.1, -0.05) is 26.0 Å². The predicted octanol–water partition coefficient (Wildman–Crippen LogP) is 3.70. The highest BCUT2D eigenvalue weighted by molar-refractivity contribution is 5.90. The highest BCUT2D eigenvalue weighted by atomic mass is 16.5. The van der Waals surface area contributed by atoms with Crippen LogP contribution in [0, 0.1) is 5.92 Å². The molecular formula is C25H38N6O3. The molecule has 1 aliphatic carbocycles. The molecule has 1 atom stereocenters. The molecule has 0 saturated heterocycles. The summed E-state index contributed by atoms with van der Waals surface area (Å²) in [5, 5.41) is 10.3. The van der Waals surface area contributed by atoms with Gasteiger partial charge < -0.3 is 25.6 Å². The quantitative estimate of drug-likeness (QED) is 0.480. The van der Waals surface area contributed by atoms with Crippen LogP contribution in [-0.2, 0) is 9.53 Å². The molecule has 9 heteroatoms. The molecule has 0 aliphatic heterocycles. The molecular weight excluding hydrogens is 432 g/mol. The van der Waals surface area contributed by atoms with Crippen LogP contribution in [-0.4, -0.2) is 60.8 Å². The van der Waals surface area contributed by atoms with Gasteiger partial charge >= 0.3 is 12.0 Å². The van der Waals surface area contributed by atoms with Crippen LogP contribution in [0.1, 0.15) is 52.9 Å². The molecule has 3 rings (SSSR count). The zero-order valence-electron chi connectivity index (χ0n) is 20.9. The van der Waals surface area contributed by atoms with E-state index in [1.807, 2.05) is 57.1 Å². The zero-order valence-corrected chi connectivity index (χ0v) is 20.9. The summed E-state index contributed by atoms with van der Waals surface area (Å²) in [4.78, 5) is 36.1. The molecule has 34 heavy (non-hydrogen) atoms. The smallest absolute Gasteiger partial charge is 0.328 e. The number of fused-ring (bicyclic) bond motifs is 1. The van der Waals surface area contributed by atoms with Gasteiger partial charge in [0.05, 0.1) is 12.1 Å². The van der Waals surface area contributed by atoms with Crippen LogP contribution in [0.2, 0.25) is 0 Å². The number of carbonyl (C=O) groups is 2. The topological polar surface area (TPSA) is 108 Å². The fourth-order valence-electron chi connectivity index (χ4n) is 4.34. The van der Waals surface area contributed by atoms with Crippen LogP contribution in [0.25, 0.3) is 10.9 Å². The molecule has 0 bridgehead atoms. The third-order valence-corrected chi connectivity index (χ3v) is 5.99. The maximum absolute atomic E-state index is 12.5. The second-order valence-electron chi connectivity index (χ2n) is 9.53. The lowest BCUT2D eigenvalue weighted by Crippen LogP contribution is -2.51. The maximum atomic E-state index is 12.5. The number of anilines is 2. The Hall–Kier alpha value is -3.10. The van der Waals surface area contributed by atoms with E-state index in [-0.39, 0.29) is 30.0 Å². The van der Waals surface area contributed by atoms with Crippen molar-refractivity contribution in [2.75, 3.05) is 30.9 Å². The SMILES string of the molecule is CCOC(=O)C(CC(C)C)NC(=O)N[C@H]1CC[C@@H](Nc2nc(N(C)C)c3ccccc3n2)CC1. The number of nitrogens with one attached hydrogen (secondary N) is 3. The van der Waals surface area contributed by atoms with Gasteiger partial charge in [-0.15, -0.1) is 0 Å². The monoisotopic (exact) mass is 470 g/mol. The number of carbonyl (C=O) groups excluding carboxylic acids is 2. The van der Waals surface area contributed by atoms with Crippen molar-refractivity contribution in [1.29, 1.82) is 0 Å². The first-order valence-electron chi connectivity index (χ1n) is 12.2. The second-order valence-corrected chi connectivity index (χ2v) is 9.53. The Balaban J connectivity index is 1.53. The van der Waals surface area contributed by atoms with E-state index >= 15 is 0 Å². The minimum atomic E-state index is -0.631. The van der Waals surface area contributed by atoms with Crippen molar-refractivity contribution >= 4 is 34.7 Å². The van der Waals surface area contributed by atoms with Gasteiger partial charge in [0, 0.05) is 31.6 Å². The summed E-state index contributed by atoms with van der Waals surface area (Å²) in [5.41, 5.74) is 0.910. The molecule has 1 aromatic carbocycles. The van der Waals surface area contributed by atoms with E-state index in [9.17, 15) is 9.59 Å². The number of amides is 2. The van der Waals surface area contributed by atoms with E-state index in [0.717, 1.165) is 42.4 Å². The minimum absolute atomic E-state index is 0.0646. The van der Waals surface area contributed by atoms with Gasteiger partial charge in [-0.25, -0.2) is 14.6 Å². The van der Waals surface area contributed by atoms with Gasteiger partial charge in [-0.05, 0) is 57.1 Å². The van der Waals surface area contributed by atoms with Gasteiger partial charge in [-0.2, -0.15) is 4.98 Å². The van der Waals surface area contributed by atoms with Crippen LogP contribution in [0.3, 0.4) is 0 Å². The van der Waals surface area contributed by atoms with Crippen molar-refractivity contribution in [3.05, 3.63) is 24.3 Å². The first kappa shape index (κ1) is 25.5. The van der Waals surface area contributed by atoms with E-state index < -0.39 is 6.04 Å². The number of benzene rings is 1. The molecule has 1 aliphatic rings. The lowest BCUT2D eigenvalue weighted by Gasteiger charge is -2.30. The molecule has 1 aromatic heterocycles. The first-order valence-corrected chi connectivity index (χ1v) is 12.2. The molecule has 3 N–H and O–H groups in total. The Morgan fingerprint density at radius 1 is 1.09 bits per heavy atom. The summed E-state index contributed by atoms with van der Waals surface area (Å²) in [6.45, 7) is 6.09. The number of aromatic nitrogens is 2. The van der Waals surface area contributed by atoms with Crippen molar-refractivity contribution in [3.8, 4) is 0 Å². The molecule has 0 radical (unpaired) electrons. The average molecular weight is 471 g/mol. The molecule has 1 fully saturated rings. The molecule has 1 heterocycles. The maximum Gasteiger partial charge on any atom is 0.328 e. The van der Waals surface area contributed by atoms with Gasteiger partial charge in [0.15, 0.2) is 0 Å². The molecule has 1 saturated carbocycles. The summed E-state index contributed by atoms with van der Waals surface area (Å²) in [5.74, 6) is 1.40. The van der Waals surface area contributed by atoms with Crippen LogP contribution in [0.4, 0.5) is 16.6 Å². The van der Waals surface area contributed by atoms with Crippen molar-refractivity contribution < 1.29 is 14.3 Å². The summed E-state index contributed by atoms with van der Waals surface area (Å²) in [6.07, 6.45) is 4.02. The number of urea groups is 1. The number of nitrogens with zero attached hydrogens (tertiary/aromatic N) is 3. The number of para-hydroxylation sites is 1. The molecule has 2 amide bonds. The first-order chi connectivity index (χ1) is 16.3. The highest BCUT2D eigenvalue weighted by Gasteiger charge is 2.27. The number of rotatable bonds is 9. The summed E-state index contributed by atoms with van der Waals surface area (Å²) in [7, 11) is 3.96. The Labute approximate surface area is 202 Å². The van der Waals surface area contributed by atoms with Gasteiger partial charge in [0.1, 0.15) is 11.9 Å². The Bertz CT molecular complexity index is 972. The van der Waals surface area contributed by atoms with E-state index in [1.54, 1.807) is 6.92 Å². The van der Waals surface area contributed by atoms with Crippen LogP contribution >= 0.6 is 0 Å². The second kappa shape index (κ2) is 11.9. The zero-order chi connectivity index (χ0) is 24.7. The lowest BCUT2D eigenvalue weighted by molar-refractivity contribution is -0.145. The van der Waals surface area contributed by atoms with E-state index in [0.29, 0.717) is 19.0 Å². The van der Waals surface area contributed by atoms with Gasteiger partial charge in [-0.3, -0.25) is 0 Å². The summed E-state index contributed by atoms with van der Waals surface area (Å²) in [6, 6.07) is 7.36. The highest BCUT2D eigenvalue weighted by Crippen LogP contribution is 2.26. The molecule has 2 aromatic rings. The molecule has 9 nitrogen and oxygen atoms in total. The van der Waals surface area contributed by atoms with Crippen molar-refractivity contribution in [3.63, 3.8) is 0 Å². The van der Waals surface area contributed by atoms with E-state index in [1.165, 1.54) is 0 Å². The normalized spacial score (nSPS) is 18.9. The van der Waals surface area contributed by atoms with Crippen molar-refractivity contribution in [2.24, 2.45) is 5.92 Å². The minimum Gasteiger partial charge on any atom is -0.464 e. The average Bonchev–Trinajstić information content (AvgIpc) is 2.79.